The van der Waals surface area contributed by atoms with E-state index in [0.29, 0.717) is 6.04 Å². The van der Waals surface area contributed by atoms with Gasteiger partial charge in [-0.05, 0) is 18.8 Å². The summed E-state index contributed by atoms with van der Waals surface area (Å²) in [5.41, 5.74) is 6.13. The van der Waals surface area contributed by atoms with Crippen molar-refractivity contribution in [2.24, 2.45) is 11.7 Å². The Morgan fingerprint density at radius 3 is 2.54 bits per heavy atom. The molecule has 0 aromatic heterocycles. The van der Waals surface area contributed by atoms with Gasteiger partial charge in [0.15, 0.2) is 0 Å². The highest BCUT2D eigenvalue weighted by Crippen LogP contribution is 2.28. The first kappa shape index (κ1) is 9.44. The van der Waals surface area contributed by atoms with Crippen molar-refractivity contribution in [1.29, 1.82) is 0 Å². The number of hydrogen-bond acceptors (Lipinski definition) is 3. The molecule has 1 saturated carbocycles. The van der Waals surface area contributed by atoms with Gasteiger partial charge < -0.3 is 10.5 Å². The molecule has 0 amide bonds. The molecule has 3 heteroatoms. The van der Waals surface area contributed by atoms with Crippen molar-refractivity contribution in [3.63, 3.8) is 0 Å². The predicted octanol–water partition coefficient (Wildman–Crippen LogP) is 0.446. The first-order chi connectivity index (χ1) is 6.36. The Hall–Kier alpha value is -0.120. The Morgan fingerprint density at radius 2 is 2.00 bits per heavy atom. The van der Waals surface area contributed by atoms with E-state index >= 15 is 0 Å². The Morgan fingerprint density at radius 1 is 1.31 bits per heavy atom. The first-order valence-electron chi connectivity index (χ1n) is 5.42. The van der Waals surface area contributed by atoms with E-state index in [0.717, 1.165) is 38.8 Å². The number of morpholine rings is 1. The maximum Gasteiger partial charge on any atom is 0.0594 e. The SMILES string of the molecule is NC(CN1CCOCC1)C1CCC1. The lowest BCUT2D eigenvalue weighted by Crippen LogP contribution is -2.47. The Bertz CT molecular complexity index is 153. The summed E-state index contributed by atoms with van der Waals surface area (Å²) in [6.07, 6.45) is 4.10. The van der Waals surface area contributed by atoms with Crippen LogP contribution in [0.1, 0.15) is 19.3 Å². The molecule has 0 radical (unpaired) electrons. The van der Waals surface area contributed by atoms with Crippen molar-refractivity contribution in [2.75, 3.05) is 32.8 Å². The van der Waals surface area contributed by atoms with Crippen LogP contribution in [0.4, 0.5) is 0 Å². The van der Waals surface area contributed by atoms with Crippen LogP contribution in [-0.2, 0) is 4.74 Å². The fraction of sp³-hybridized carbons (Fsp3) is 1.00. The van der Waals surface area contributed by atoms with Crippen LogP contribution in [-0.4, -0.2) is 43.8 Å². The summed E-state index contributed by atoms with van der Waals surface area (Å²) in [5.74, 6) is 0.808. The van der Waals surface area contributed by atoms with E-state index in [9.17, 15) is 0 Å². The van der Waals surface area contributed by atoms with Crippen molar-refractivity contribution < 1.29 is 4.74 Å². The minimum absolute atomic E-state index is 0.409. The lowest BCUT2D eigenvalue weighted by Gasteiger charge is -2.36. The number of hydrogen-bond donors (Lipinski definition) is 1. The van der Waals surface area contributed by atoms with Crippen molar-refractivity contribution in [3.8, 4) is 0 Å². The van der Waals surface area contributed by atoms with Crippen LogP contribution in [0.3, 0.4) is 0 Å². The summed E-state index contributed by atoms with van der Waals surface area (Å²) < 4.78 is 5.30. The molecule has 2 rings (SSSR count). The van der Waals surface area contributed by atoms with E-state index in [1.54, 1.807) is 0 Å². The van der Waals surface area contributed by atoms with E-state index in [1.807, 2.05) is 0 Å². The third kappa shape index (κ3) is 2.42. The van der Waals surface area contributed by atoms with Crippen LogP contribution in [0.15, 0.2) is 0 Å². The molecule has 0 spiro atoms. The molecule has 0 aromatic rings. The zero-order chi connectivity index (χ0) is 9.10. The lowest BCUT2D eigenvalue weighted by atomic mass is 9.80. The van der Waals surface area contributed by atoms with E-state index in [1.165, 1.54) is 19.3 Å². The molecule has 2 fully saturated rings. The summed E-state index contributed by atoms with van der Waals surface area (Å²) in [6.45, 7) is 4.99. The van der Waals surface area contributed by atoms with Gasteiger partial charge in [-0.3, -0.25) is 4.90 Å². The second-order valence-electron chi connectivity index (χ2n) is 4.27. The second-order valence-corrected chi connectivity index (χ2v) is 4.27. The standard InChI is InChI=1S/C10H20N2O/c11-10(9-2-1-3-9)8-12-4-6-13-7-5-12/h9-10H,1-8,11H2. The highest BCUT2D eigenvalue weighted by Gasteiger charge is 2.26. The molecule has 1 atom stereocenters. The summed E-state index contributed by atoms with van der Waals surface area (Å²) in [6, 6.07) is 0.409. The predicted molar refractivity (Wildman–Crippen MR) is 52.6 cm³/mol. The molecule has 3 nitrogen and oxygen atoms in total. The van der Waals surface area contributed by atoms with E-state index in [-0.39, 0.29) is 0 Å². The molecule has 13 heavy (non-hydrogen) atoms. The number of nitrogens with zero attached hydrogens (tertiary/aromatic N) is 1. The quantitative estimate of drug-likeness (QED) is 0.692. The Kier molecular flexibility index (Phi) is 3.19. The normalized spacial score (nSPS) is 28.4. The molecule has 1 heterocycles. The fourth-order valence-corrected chi connectivity index (χ4v) is 2.10. The summed E-state index contributed by atoms with van der Waals surface area (Å²) >= 11 is 0. The number of nitrogens with two attached hydrogens (primary N) is 1. The number of ether oxygens (including phenoxy) is 1. The molecular weight excluding hydrogens is 164 g/mol. The summed E-state index contributed by atoms with van der Waals surface area (Å²) in [4.78, 5) is 2.44. The molecule has 1 aliphatic heterocycles. The van der Waals surface area contributed by atoms with E-state index in [4.69, 9.17) is 10.5 Å². The van der Waals surface area contributed by atoms with Gasteiger partial charge in [0.2, 0.25) is 0 Å². The topological polar surface area (TPSA) is 38.5 Å². The maximum absolute atomic E-state index is 6.13. The molecular formula is C10H20N2O. The largest absolute Gasteiger partial charge is 0.379 e. The van der Waals surface area contributed by atoms with Crippen LogP contribution >= 0.6 is 0 Å². The molecule has 2 N–H and O–H groups in total. The van der Waals surface area contributed by atoms with Gasteiger partial charge in [-0.15, -0.1) is 0 Å². The van der Waals surface area contributed by atoms with Gasteiger partial charge in [0.1, 0.15) is 0 Å². The van der Waals surface area contributed by atoms with Crippen LogP contribution in [0, 0.1) is 5.92 Å². The van der Waals surface area contributed by atoms with E-state index in [2.05, 4.69) is 4.90 Å². The van der Waals surface area contributed by atoms with Gasteiger partial charge in [0.25, 0.3) is 0 Å². The van der Waals surface area contributed by atoms with Crippen molar-refractivity contribution in [3.05, 3.63) is 0 Å². The minimum atomic E-state index is 0.409. The van der Waals surface area contributed by atoms with Gasteiger partial charge in [-0.25, -0.2) is 0 Å². The third-order valence-electron chi connectivity index (χ3n) is 3.33. The number of rotatable bonds is 3. The molecule has 76 valence electrons. The molecule has 0 aromatic carbocycles. The smallest absolute Gasteiger partial charge is 0.0594 e. The van der Waals surface area contributed by atoms with Crippen LogP contribution in [0.5, 0.6) is 0 Å². The highest BCUT2D eigenvalue weighted by molar-refractivity contribution is 4.82. The van der Waals surface area contributed by atoms with Crippen molar-refractivity contribution in [1.82, 2.24) is 4.90 Å². The lowest BCUT2D eigenvalue weighted by molar-refractivity contribution is 0.0298. The summed E-state index contributed by atoms with van der Waals surface area (Å²) in [5, 5.41) is 0. The Labute approximate surface area is 80.2 Å². The highest BCUT2D eigenvalue weighted by atomic mass is 16.5. The average molecular weight is 184 g/mol. The van der Waals surface area contributed by atoms with Gasteiger partial charge >= 0.3 is 0 Å². The average Bonchev–Trinajstić information content (AvgIpc) is 2.02. The molecule has 1 aliphatic carbocycles. The van der Waals surface area contributed by atoms with Gasteiger partial charge in [0.05, 0.1) is 13.2 Å². The molecule has 2 aliphatic rings. The first-order valence-corrected chi connectivity index (χ1v) is 5.42. The fourth-order valence-electron chi connectivity index (χ4n) is 2.10. The van der Waals surface area contributed by atoms with Crippen LogP contribution < -0.4 is 5.73 Å². The summed E-state index contributed by atoms with van der Waals surface area (Å²) in [7, 11) is 0. The van der Waals surface area contributed by atoms with Gasteiger partial charge in [-0.2, -0.15) is 0 Å². The monoisotopic (exact) mass is 184 g/mol. The third-order valence-corrected chi connectivity index (χ3v) is 3.33. The zero-order valence-corrected chi connectivity index (χ0v) is 8.24. The minimum Gasteiger partial charge on any atom is -0.379 e. The zero-order valence-electron chi connectivity index (χ0n) is 8.24. The van der Waals surface area contributed by atoms with Gasteiger partial charge in [0, 0.05) is 25.7 Å². The molecule has 1 saturated heterocycles. The van der Waals surface area contributed by atoms with Crippen molar-refractivity contribution >= 4 is 0 Å². The maximum atomic E-state index is 6.13. The molecule has 0 bridgehead atoms. The van der Waals surface area contributed by atoms with Gasteiger partial charge in [-0.1, -0.05) is 6.42 Å². The van der Waals surface area contributed by atoms with E-state index < -0.39 is 0 Å². The molecule has 1 unspecified atom stereocenters. The second kappa shape index (κ2) is 4.40. The van der Waals surface area contributed by atoms with Crippen LogP contribution in [0.25, 0.3) is 0 Å². The van der Waals surface area contributed by atoms with Crippen LogP contribution in [0.2, 0.25) is 0 Å². The Balaban J connectivity index is 1.69. The van der Waals surface area contributed by atoms with Crippen molar-refractivity contribution in [2.45, 2.75) is 25.3 Å².